The lowest BCUT2D eigenvalue weighted by atomic mass is 10.0. The molecule has 1 aromatic heterocycles. The minimum atomic E-state index is 0.500. The highest BCUT2D eigenvalue weighted by atomic mass is 15.1. The summed E-state index contributed by atoms with van der Waals surface area (Å²) < 4.78 is 2.18. The van der Waals surface area contributed by atoms with Gasteiger partial charge in [0.2, 0.25) is 0 Å². The first-order valence-corrected chi connectivity index (χ1v) is 5.32. The van der Waals surface area contributed by atoms with Crippen LogP contribution < -0.4 is 5.32 Å². The third-order valence-electron chi connectivity index (χ3n) is 2.41. The molecule has 0 bridgehead atoms. The van der Waals surface area contributed by atoms with Crippen molar-refractivity contribution >= 4 is 0 Å². The molecule has 14 heavy (non-hydrogen) atoms. The second-order valence-corrected chi connectivity index (χ2v) is 4.38. The van der Waals surface area contributed by atoms with Crippen LogP contribution >= 0.6 is 0 Å². The molecule has 0 aliphatic carbocycles. The van der Waals surface area contributed by atoms with Crippen LogP contribution in [0.15, 0.2) is 18.7 Å². The number of aromatic nitrogens is 2. The molecule has 0 saturated heterocycles. The van der Waals surface area contributed by atoms with Crippen molar-refractivity contribution in [1.82, 2.24) is 14.9 Å². The van der Waals surface area contributed by atoms with Gasteiger partial charge in [-0.15, -0.1) is 0 Å². The largest absolute Gasteiger partial charge is 0.333 e. The van der Waals surface area contributed by atoms with E-state index in [0.29, 0.717) is 18.0 Å². The lowest BCUT2D eigenvalue weighted by molar-refractivity contribution is 0.346. The van der Waals surface area contributed by atoms with E-state index >= 15 is 0 Å². The van der Waals surface area contributed by atoms with Gasteiger partial charge < -0.3 is 9.88 Å². The fraction of sp³-hybridized carbons (Fsp3) is 0.727. The summed E-state index contributed by atoms with van der Waals surface area (Å²) in [5, 5.41) is 3.47. The van der Waals surface area contributed by atoms with Crippen LogP contribution in [-0.4, -0.2) is 22.1 Å². The molecule has 0 radical (unpaired) electrons. The van der Waals surface area contributed by atoms with Crippen LogP contribution in [0.1, 0.15) is 33.7 Å². The quantitative estimate of drug-likeness (QED) is 0.779. The summed E-state index contributed by atoms with van der Waals surface area (Å²) in [5.74, 6) is 0.621. The van der Waals surface area contributed by atoms with Gasteiger partial charge in [-0.25, -0.2) is 4.98 Å². The lowest BCUT2D eigenvalue weighted by Crippen LogP contribution is -2.32. The van der Waals surface area contributed by atoms with E-state index in [2.05, 4.69) is 42.6 Å². The minimum absolute atomic E-state index is 0.500. The van der Waals surface area contributed by atoms with E-state index in [9.17, 15) is 0 Å². The zero-order chi connectivity index (χ0) is 10.6. The van der Waals surface area contributed by atoms with Crippen molar-refractivity contribution in [3.63, 3.8) is 0 Å². The van der Waals surface area contributed by atoms with E-state index < -0.39 is 0 Å². The van der Waals surface area contributed by atoms with Gasteiger partial charge in [0.1, 0.15) is 0 Å². The Bertz CT molecular complexity index is 239. The Labute approximate surface area is 86.5 Å². The molecule has 80 valence electrons. The molecule has 1 heterocycles. The summed E-state index contributed by atoms with van der Waals surface area (Å²) in [6.45, 7) is 9.83. The lowest BCUT2D eigenvalue weighted by Gasteiger charge is -2.23. The standard InChI is InChI=1S/C11H21N3/c1-9(2)11(7-13-10(3)4)14-6-5-12-8-14/h5-6,8-11,13H,7H2,1-4H3. The van der Waals surface area contributed by atoms with Crippen LogP contribution in [0.3, 0.4) is 0 Å². The second kappa shape index (κ2) is 5.15. The average molecular weight is 195 g/mol. The van der Waals surface area contributed by atoms with Crippen LogP contribution in [0, 0.1) is 5.92 Å². The average Bonchev–Trinajstić information content (AvgIpc) is 2.56. The highest BCUT2D eigenvalue weighted by Crippen LogP contribution is 2.16. The van der Waals surface area contributed by atoms with Crippen LogP contribution in [0.4, 0.5) is 0 Å². The molecular weight excluding hydrogens is 174 g/mol. The SMILES string of the molecule is CC(C)NCC(C(C)C)n1ccnc1. The fourth-order valence-corrected chi connectivity index (χ4v) is 1.51. The second-order valence-electron chi connectivity index (χ2n) is 4.38. The van der Waals surface area contributed by atoms with E-state index in [0.717, 1.165) is 6.54 Å². The van der Waals surface area contributed by atoms with E-state index in [4.69, 9.17) is 0 Å². The van der Waals surface area contributed by atoms with Crippen molar-refractivity contribution in [2.75, 3.05) is 6.54 Å². The predicted molar refractivity (Wildman–Crippen MR) is 59.2 cm³/mol. The molecule has 1 aromatic rings. The molecule has 0 amide bonds. The van der Waals surface area contributed by atoms with Crippen molar-refractivity contribution in [1.29, 1.82) is 0 Å². The van der Waals surface area contributed by atoms with Gasteiger partial charge >= 0.3 is 0 Å². The fourth-order valence-electron chi connectivity index (χ4n) is 1.51. The normalized spacial score (nSPS) is 13.9. The minimum Gasteiger partial charge on any atom is -0.333 e. The van der Waals surface area contributed by atoms with Gasteiger partial charge in [0.15, 0.2) is 0 Å². The summed E-state index contributed by atoms with van der Waals surface area (Å²) >= 11 is 0. The third kappa shape index (κ3) is 3.14. The Hall–Kier alpha value is -0.830. The van der Waals surface area contributed by atoms with E-state index in [-0.39, 0.29) is 0 Å². The summed E-state index contributed by atoms with van der Waals surface area (Å²) in [5.41, 5.74) is 0. The van der Waals surface area contributed by atoms with Gasteiger partial charge in [-0.1, -0.05) is 27.7 Å². The Morgan fingerprint density at radius 1 is 1.29 bits per heavy atom. The highest BCUT2D eigenvalue weighted by Gasteiger charge is 2.14. The molecule has 0 spiro atoms. The van der Waals surface area contributed by atoms with Crippen LogP contribution in [0.25, 0.3) is 0 Å². The molecule has 1 rings (SSSR count). The molecule has 0 aromatic carbocycles. The maximum Gasteiger partial charge on any atom is 0.0949 e. The van der Waals surface area contributed by atoms with Gasteiger partial charge in [0.05, 0.1) is 6.33 Å². The molecule has 1 N–H and O–H groups in total. The number of nitrogens with one attached hydrogen (secondary N) is 1. The van der Waals surface area contributed by atoms with Gasteiger partial charge in [-0.05, 0) is 5.92 Å². The Morgan fingerprint density at radius 2 is 2.00 bits per heavy atom. The highest BCUT2D eigenvalue weighted by molar-refractivity contribution is 4.83. The van der Waals surface area contributed by atoms with Gasteiger partial charge in [0.25, 0.3) is 0 Å². The molecule has 0 aliphatic heterocycles. The maximum absolute atomic E-state index is 4.09. The molecule has 1 atom stereocenters. The number of hydrogen-bond acceptors (Lipinski definition) is 2. The Kier molecular flexibility index (Phi) is 4.14. The van der Waals surface area contributed by atoms with Gasteiger partial charge in [0, 0.05) is 31.0 Å². The van der Waals surface area contributed by atoms with Crippen molar-refractivity contribution in [3.8, 4) is 0 Å². The summed E-state index contributed by atoms with van der Waals surface area (Å²) in [7, 11) is 0. The molecule has 3 heteroatoms. The van der Waals surface area contributed by atoms with E-state index in [1.165, 1.54) is 0 Å². The summed E-state index contributed by atoms with van der Waals surface area (Å²) in [4.78, 5) is 4.09. The Balaban J connectivity index is 2.57. The number of hydrogen-bond donors (Lipinski definition) is 1. The van der Waals surface area contributed by atoms with Crippen molar-refractivity contribution < 1.29 is 0 Å². The van der Waals surface area contributed by atoms with Crippen molar-refractivity contribution in [2.24, 2.45) is 5.92 Å². The van der Waals surface area contributed by atoms with Crippen LogP contribution in [0.2, 0.25) is 0 Å². The van der Waals surface area contributed by atoms with Gasteiger partial charge in [-0.2, -0.15) is 0 Å². The monoisotopic (exact) mass is 195 g/mol. The number of nitrogens with zero attached hydrogens (tertiary/aromatic N) is 2. The van der Waals surface area contributed by atoms with Crippen LogP contribution in [-0.2, 0) is 0 Å². The Morgan fingerprint density at radius 3 is 2.43 bits per heavy atom. The number of rotatable bonds is 5. The first-order valence-electron chi connectivity index (χ1n) is 5.32. The summed E-state index contributed by atoms with van der Waals surface area (Å²) in [6, 6.07) is 1.04. The zero-order valence-electron chi connectivity index (χ0n) is 9.57. The molecule has 0 aliphatic rings. The smallest absolute Gasteiger partial charge is 0.0949 e. The molecule has 0 fully saturated rings. The molecule has 0 saturated carbocycles. The van der Waals surface area contributed by atoms with E-state index in [1.807, 2.05) is 18.7 Å². The topological polar surface area (TPSA) is 29.9 Å². The first kappa shape index (κ1) is 11.2. The third-order valence-corrected chi connectivity index (χ3v) is 2.41. The van der Waals surface area contributed by atoms with Gasteiger partial charge in [-0.3, -0.25) is 0 Å². The maximum atomic E-state index is 4.09. The summed E-state index contributed by atoms with van der Waals surface area (Å²) in [6.07, 6.45) is 5.77. The zero-order valence-corrected chi connectivity index (χ0v) is 9.57. The predicted octanol–water partition coefficient (Wildman–Crippen LogP) is 2.08. The molecule has 1 unspecified atom stereocenters. The first-order chi connectivity index (χ1) is 6.61. The van der Waals surface area contributed by atoms with Crippen LogP contribution in [0.5, 0.6) is 0 Å². The molecule has 3 nitrogen and oxygen atoms in total. The van der Waals surface area contributed by atoms with Crippen molar-refractivity contribution in [3.05, 3.63) is 18.7 Å². The molecular formula is C11H21N3. The number of imidazole rings is 1. The van der Waals surface area contributed by atoms with Crippen molar-refractivity contribution in [2.45, 2.75) is 39.8 Å². The van der Waals surface area contributed by atoms with E-state index in [1.54, 1.807) is 0 Å².